The zero-order chi connectivity index (χ0) is 14.7. The van der Waals surface area contributed by atoms with Crippen LogP contribution in [0.5, 0.6) is 0 Å². The molecule has 0 saturated carbocycles. The quantitative estimate of drug-likeness (QED) is 0.821. The molecule has 1 nitrogen and oxygen atoms in total. The fourth-order valence-electron chi connectivity index (χ4n) is 1.91. The van der Waals surface area contributed by atoms with Gasteiger partial charge < -0.3 is 5.11 Å². The van der Waals surface area contributed by atoms with Crippen molar-refractivity contribution in [1.29, 1.82) is 0 Å². The maximum absolute atomic E-state index is 12.6. The highest BCUT2D eigenvalue weighted by Gasteiger charge is 2.13. The number of rotatable bonds is 4. The zero-order valence-corrected chi connectivity index (χ0v) is 11.9. The average Bonchev–Trinajstić information content (AvgIpc) is 2.43. The van der Waals surface area contributed by atoms with Crippen molar-refractivity contribution in [3.05, 3.63) is 69.2 Å². The molecule has 20 heavy (non-hydrogen) atoms. The molecule has 1 unspecified atom stereocenters. The summed E-state index contributed by atoms with van der Waals surface area (Å²) in [4.78, 5) is 0. The zero-order valence-electron chi connectivity index (χ0n) is 10.4. The summed E-state index contributed by atoms with van der Waals surface area (Å²) >= 11 is 11.7. The summed E-state index contributed by atoms with van der Waals surface area (Å²) in [6.45, 7) is 0. The minimum Gasteiger partial charge on any atom is -0.388 e. The van der Waals surface area contributed by atoms with Crippen LogP contribution in [0, 0.1) is 0 Å². The molecule has 2 aromatic rings. The van der Waals surface area contributed by atoms with Gasteiger partial charge in [-0.2, -0.15) is 0 Å². The molecule has 0 saturated heterocycles. The molecule has 0 amide bonds. The highest BCUT2D eigenvalue weighted by atomic mass is 35.5. The topological polar surface area (TPSA) is 20.2 Å². The molecule has 0 bridgehead atoms. The number of aliphatic hydroxyl groups is 1. The summed E-state index contributed by atoms with van der Waals surface area (Å²) in [6, 6.07) is 10.8. The number of hydrogen-bond donors (Lipinski definition) is 1. The molecule has 0 fully saturated rings. The lowest BCUT2D eigenvalue weighted by atomic mass is 10.00. The SMILES string of the molecule is OC(Cc1ccc(Cl)c(Cl)c1)c1cccc(C(F)F)c1. The molecule has 2 aromatic carbocycles. The first-order valence-electron chi connectivity index (χ1n) is 5.97. The predicted octanol–water partition coefficient (Wildman–Crippen LogP) is 5.21. The molecule has 0 heterocycles. The van der Waals surface area contributed by atoms with Crippen LogP contribution in [0.2, 0.25) is 10.0 Å². The first-order valence-corrected chi connectivity index (χ1v) is 6.73. The third-order valence-corrected chi connectivity index (χ3v) is 3.70. The molecule has 0 aromatic heterocycles. The highest BCUT2D eigenvalue weighted by Crippen LogP contribution is 2.27. The second-order valence-corrected chi connectivity index (χ2v) is 5.25. The predicted molar refractivity (Wildman–Crippen MR) is 76.5 cm³/mol. The fourth-order valence-corrected chi connectivity index (χ4v) is 2.23. The van der Waals surface area contributed by atoms with E-state index in [4.69, 9.17) is 23.2 Å². The Kier molecular flexibility index (Phi) is 4.97. The van der Waals surface area contributed by atoms with E-state index in [1.807, 2.05) is 0 Å². The van der Waals surface area contributed by atoms with E-state index < -0.39 is 12.5 Å². The molecule has 0 aliphatic rings. The fraction of sp³-hybridized carbons (Fsp3) is 0.200. The minimum atomic E-state index is -2.55. The molecule has 106 valence electrons. The van der Waals surface area contributed by atoms with E-state index in [2.05, 4.69) is 0 Å². The van der Waals surface area contributed by atoms with E-state index in [9.17, 15) is 13.9 Å². The Morgan fingerprint density at radius 2 is 1.65 bits per heavy atom. The molecule has 0 aliphatic carbocycles. The van der Waals surface area contributed by atoms with Gasteiger partial charge in [0.2, 0.25) is 0 Å². The first kappa shape index (κ1) is 15.2. The van der Waals surface area contributed by atoms with E-state index in [0.29, 0.717) is 15.6 Å². The van der Waals surface area contributed by atoms with Crippen LogP contribution < -0.4 is 0 Å². The van der Waals surface area contributed by atoms with Crippen LogP contribution in [0.1, 0.15) is 29.2 Å². The Balaban J connectivity index is 2.17. The number of aliphatic hydroxyl groups excluding tert-OH is 1. The summed E-state index contributed by atoms with van der Waals surface area (Å²) < 4.78 is 25.2. The molecular formula is C15H12Cl2F2O. The van der Waals surface area contributed by atoms with Gasteiger partial charge in [-0.05, 0) is 29.3 Å². The van der Waals surface area contributed by atoms with Gasteiger partial charge in [0.1, 0.15) is 0 Å². The first-order chi connectivity index (χ1) is 9.47. The Bertz CT molecular complexity index is 602. The van der Waals surface area contributed by atoms with E-state index >= 15 is 0 Å². The van der Waals surface area contributed by atoms with E-state index in [1.54, 1.807) is 24.3 Å². The monoisotopic (exact) mass is 316 g/mol. The maximum atomic E-state index is 12.6. The number of benzene rings is 2. The van der Waals surface area contributed by atoms with Gasteiger partial charge >= 0.3 is 0 Å². The third-order valence-electron chi connectivity index (χ3n) is 2.96. The summed E-state index contributed by atoms with van der Waals surface area (Å²) in [5, 5.41) is 11.0. The van der Waals surface area contributed by atoms with Gasteiger partial charge in [0.05, 0.1) is 16.1 Å². The molecule has 2 rings (SSSR count). The van der Waals surface area contributed by atoms with Crippen LogP contribution in [0.3, 0.4) is 0 Å². The van der Waals surface area contributed by atoms with E-state index in [0.717, 1.165) is 5.56 Å². The van der Waals surface area contributed by atoms with Gasteiger partial charge in [-0.3, -0.25) is 0 Å². The van der Waals surface area contributed by atoms with Crippen molar-refractivity contribution in [2.75, 3.05) is 0 Å². The lowest BCUT2D eigenvalue weighted by Crippen LogP contribution is -2.02. The van der Waals surface area contributed by atoms with Gasteiger partial charge in [0.25, 0.3) is 6.43 Å². The summed E-state index contributed by atoms with van der Waals surface area (Å²) in [5.74, 6) is 0. The number of alkyl halides is 2. The molecule has 1 atom stereocenters. The van der Waals surface area contributed by atoms with Crippen molar-refractivity contribution >= 4 is 23.2 Å². The molecule has 0 radical (unpaired) electrons. The van der Waals surface area contributed by atoms with Crippen LogP contribution >= 0.6 is 23.2 Å². The second-order valence-electron chi connectivity index (χ2n) is 4.44. The Hall–Kier alpha value is -1.16. The minimum absolute atomic E-state index is 0.101. The summed E-state index contributed by atoms with van der Waals surface area (Å²) in [6.07, 6.45) is -3.14. The van der Waals surface area contributed by atoms with Crippen molar-refractivity contribution in [2.45, 2.75) is 19.0 Å². The molecule has 5 heteroatoms. The Morgan fingerprint density at radius 1 is 0.950 bits per heavy atom. The van der Waals surface area contributed by atoms with Gasteiger partial charge in [-0.1, -0.05) is 47.5 Å². The second kappa shape index (κ2) is 6.53. The Morgan fingerprint density at radius 3 is 2.30 bits per heavy atom. The van der Waals surface area contributed by atoms with Crippen LogP contribution in [0.4, 0.5) is 8.78 Å². The van der Waals surface area contributed by atoms with Crippen LogP contribution in [-0.2, 0) is 6.42 Å². The lowest BCUT2D eigenvalue weighted by molar-refractivity contribution is 0.149. The standard InChI is InChI=1S/C15H12Cl2F2O/c16-12-5-4-9(6-13(12)17)7-14(20)10-2-1-3-11(8-10)15(18)19/h1-6,8,14-15,20H,7H2. The molecular weight excluding hydrogens is 305 g/mol. The van der Waals surface area contributed by atoms with Crippen molar-refractivity contribution in [3.8, 4) is 0 Å². The van der Waals surface area contributed by atoms with Crippen LogP contribution in [0.15, 0.2) is 42.5 Å². The van der Waals surface area contributed by atoms with Crippen LogP contribution in [0.25, 0.3) is 0 Å². The smallest absolute Gasteiger partial charge is 0.263 e. The van der Waals surface area contributed by atoms with Gasteiger partial charge in [0.15, 0.2) is 0 Å². The van der Waals surface area contributed by atoms with Crippen LogP contribution in [-0.4, -0.2) is 5.11 Å². The van der Waals surface area contributed by atoms with E-state index in [1.165, 1.54) is 18.2 Å². The van der Waals surface area contributed by atoms with Crippen molar-refractivity contribution < 1.29 is 13.9 Å². The van der Waals surface area contributed by atoms with Gasteiger partial charge in [-0.25, -0.2) is 8.78 Å². The Labute approximate surface area is 125 Å². The lowest BCUT2D eigenvalue weighted by Gasteiger charge is -2.13. The number of halogens is 4. The summed E-state index contributed by atoms with van der Waals surface area (Å²) in [7, 11) is 0. The average molecular weight is 317 g/mol. The van der Waals surface area contributed by atoms with Gasteiger partial charge in [0, 0.05) is 12.0 Å². The van der Waals surface area contributed by atoms with Crippen molar-refractivity contribution in [2.24, 2.45) is 0 Å². The van der Waals surface area contributed by atoms with Gasteiger partial charge in [-0.15, -0.1) is 0 Å². The van der Waals surface area contributed by atoms with Crippen molar-refractivity contribution in [1.82, 2.24) is 0 Å². The molecule has 0 aliphatic heterocycles. The number of hydrogen-bond acceptors (Lipinski definition) is 1. The largest absolute Gasteiger partial charge is 0.388 e. The summed E-state index contributed by atoms with van der Waals surface area (Å²) in [5.41, 5.74) is 1.14. The molecule has 1 N–H and O–H groups in total. The van der Waals surface area contributed by atoms with E-state index in [-0.39, 0.29) is 12.0 Å². The third kappa shape index (κ3) is 3.69. The highest BCUT2D eigenvalue weighted by molar-refractivity contribution is 6.42. The maximum Gasteiger partial charge on any atom is 0.263 e. The normalized spacial score (nSPS) is 12.7. The van der Waals surface area contributed by atoms with Crippen molar-refractivity contribution in [3.63, 3.8) is 0 Å². The molecule has 0 spiro atoms.